The van der Waals surface area contributed by atoms with Crippen LogP contribution in [0.3, 0.4) is 0 Å². The molecule has 0 spiro atoms. The van der Waals surface area contributed by atoms with Crippen molar-refractivity contribution in [1.29, 1.82) is 0 Å². The number of H-pyrrole nitrogens is 3. The lowest BCUT2D eigenvalue weighted by atomic mass is 9.81. The van der Waals surface area contributed by atoms with Crippen LogP contribution in [0.25, 0.3) is 22.1 Å². The maximum atomic E-state index is 11.7. The Balaban J connectivity index is 0.000000145. The van der Waals surface area contributed by atoms with Gasteiger partial charge >= 0.3 is 0 Å². The number of aromatic amines is 3. The summed E-state index contributed by atoms with van der Waals surface area (Å²) in [5.74, 6) is 1.18. The summed E-state index contributed by atoms with van der Waals surface area (Å²) in [5, 5.41) is 14.3. The van der Waals surface area contributed by atoms with E-state index in [0.29, 0.717) is 17.5 Å². The van der Waals surface area contributed by atoms with E-state index in [1.165, 1.54) is 49.9 Å². The molecule has 2 fully saturated rings. The van der Waals surface area contributed by atoms with Gasteiger partial charge in [-0.25, -0.2) is 4.68 Å². The van der Waals surface area contributed by atoms with E-state index >= 15 is 0 Å². The lowest BCUT2D eigenvalue weighted by Crippen LogP contribution is -2.24. The molecule has 0 radical (unpaired) electrons. The zero-order valence-corrected chi connectivity index (χ0v) is 20.7. The van der Waals surface area contributed by atoms with Gasteiger partial charge in [0.2, 0.25) is 11.1 Å². The third-order valence-corrected chi connectivity index (χ3v) is 7.31. The van der Waals surface area contributed by atoms with E-state index in [1.807, 2.05) is 18.5 Å². The molecule has 0 atom stereocenters. The van der Waals surface area contributed by atoms with Crippen LogP contribution in [-0.4, -0.2) is 29.9 Å². The molecule has 180 valence electrons. The number of fused-ring (bicyclic) bond motifs is 2. The first kappa shape index (κ1) is 22.6. The van der Waals surface area contributed by atoms with Crippen LogP contribution < -0.4 is 11.1 Å². The topological polar surface area (TPSA) is 112 Å². The van der Waals surface area contributed by atoms with Crippen LogP contribution in [0.2, 0.25) is 0 Å². The Morgan fingerprint density at radius 3 is 2.03 bits per heavy atom. The third-order valence-electron chi connectivity index (χ3n) is 7.31. The molecule has 4 aromatic heterocycles. The van der Waals surface area contributed by atoms with Gasteiger partial charge in [0, 0.05) is 40.4 Å². The molecule has 4 aromatic rings. The molecule has 8 nitrogen and oxygen atoms in total. The number of pyridine rings is 2. The van der Waals surface area contributed by atoms with E-state index in [-0.39, 0.29) is 16.7 Å². The van der Waals surface area contributed by atoms with Crippen molar-refractivity contribution in [3.8, 4) is 0 Å². The third kappa shape index (κ3) is 3.89. The summed E-state index contributed by atoms with van der Waals surface area (Å²) in [4.78, 5) is 28.7. The molecular formula is C26H34N6O2. The second-order valence-electron chi connectivity index (χ2n) is 10.9. The molecule has 4 heterocycles. The zero-order chi connectivity index (χ0) is 24.2. The van der Waals surface area contributed by atoms with Gasteiger partial charge in [-0.15, -0.1) is 0 Å². The Morgan fingerprint density at radius 2 is 1.47 bits per heavy atom. The van der Waals surface area contributed by atoms with Crippen molar-refractivity contribution < 1.29 is 0 Å². The van der Waals surface area contributed by atoms with Crippen molar-refractivity contribution >= 4 is 22.1 Å². The minimum Gasteiger partial charge on any atom is -0.307 e. The standard InChI is InChI=1S/C15H21N3O.C11H13N3O/c1-9-8-11(19)16-14-12(9)13(10-6-5-7-10)17-18(14)15(2,3)4;1-6-5-8(15)12-11-9(6)10(13-14-11)7-3-2-4-7/h8,10H,5-7H2,1-4H3,(H,16,19);5,7H,2-4H2,1H3,(H2,12,13,14,15). The highest BCUT2D eigenvalue weighted by Crippen LogP contribution is 2.40. The Bertz CT molecular complexity index is 1470. The van der Waals surface area contributed by atoms with E-state index in [0.717, 1.165) is 27.5 Å². The van der Waals surface area contributed by atoms with E-state index in [4.69, 9.17) is 5.10 Å². The van der Waals surface area contributed by atoms with Crippen LogP contribution in [0.1, 0.15) is 93.6 Å². The van der Waals surface area contributed by atoms with Crippen molar-refractivity contribution in [1.82, 2.24) is 29.9 Å². The minimum absolute atomic E-state index is 0.0458. The van der Waals surface area contributed by atoms with Crippen molar-refractivity contribution in [2.24, 2.45) is 0 Å². The minimum atomic E-state index is -0.128. The molecule has 0 aromatic carbocycles. The number of hydrogen-bond acceptors (Lipinski definition) is 4. The maximum absolute atomic E-state index is 11.7. The molecule has 2 aliphatic carbocycles. The summed E-state index contributed by atoms with van der Waals surface area (Å²) in [6.07, 6.45) is 7.49. The van der Waals surface area contributed by atoms with Gasteiger partial charge in [0.25, 0.3) is 0 Å². The molecule has 0 saturated heterocycles. The summed E-state index contributed by atoms with van der Waals surface area (Å²) in [7, 11) is 0. The Kier molecular flexibility index (Phi) is 5.49. The highest BCUT2D eigenvalue weighted by Gasteiger charge is 2.29. The van der Waals surface area contributed by atoms with E-state index in [1.54, 1.807) is 12.1 Å². The quantitative estimate of drug-likeness (QED) is 0.394. The summed E-state index contributed by atoms with van der Waals surface area (Å²) in [6.45, 7) is 10.3. The van der Waals surface area contributed by atoms with Gasteiger partial charge in [0.15, 0.2) is 5.65 Å². The number of nitrogens with one attached hydrogen (secondary N) is 3. The molecule has 3 N–H and O–H groups in total. The van der Waals surface area contributed by atoms with Gasteiger partial charge in [0.1, 0.15) is 5.65 Å². The Morgan fingerprint density at radius 1 is 0.882 bits per heavy atom. The molecule has 8 heteroatoms. The summed E-state index contributed by atoms with van der Waals surface area (Å²) in [6, 6.07) is 3.32. The van der Waals surface area contributed by atoms with E-state index in [2.05, 4.69) is 40.9 Å². The molecule has 2 aliphatic rings. The highest BCUT2D eigenvalue weighted by molar-refractivity contribution is 5.83. The molecule has 2 saturated carbocycles. The predicted molar refractivity (Wildman–Crippen MR) is 135 cm³/mol. The van der Waals surface area contributed by atoms with Crippen molar-refractivity contribution in [3.05, 3.63) is 55.4 Å². The van der Waals surface area contributed by atoms with Gasteiger partial charge < -0.3 is 9.97 Å². The fourth-order valence-corrected chi connectivity index (χ4v) is 5.07. The molecule has 0 amide bonds. The van der Waals surface area contributed by atoms with Crippen molar-refractivity contribution in [2.45, 2.75) is 90.5 Å². The number of aryl methyl sites for hydroxylation is 2. The van der Waals surface area contributed by atoms with Crippen LogP contribution in [0.15, 0.2) is 21.7 Å². The van der Waals surface area contributed by atoms with Crippen molar-refractivity contribution in [3.63, 3.8) is 0 Å². The monoisotopic (exact) mass is 462 g/mol. The molecule has 0 bridgehead atoms. The van der Waals surface area contributed by atoms with Gasteiger partial charge in [-0.05, 0) is 71.4 Å². The molecule has 6 rings (SSSR count). The van der Waals surface area contributed by atoms with Crippen molar-refractivity contribution in [2.75, 3.05) is 0 Å². The SMILES string of the molecule is Cc1cc(=O)[nH]c2c1c(C1CCC1)nn2C(C)(C)C.Cc1cc(=O)[nH]c2n[nH]c(C3CCC3)c12. The summed E-state index contributed by atoms with van der Waals surface area (Å²) in [5.41, 5.74) is 5.75. The predicted octanol–water partition coefficient (Wildman–Crippen LogP) is 4.88. The first-order chi connectivity index (χ1) is 16.1. The first-order valence-corrected chi connectivity index (χ1v) is 12.3. The van der Waals surface area contributed by atoms with E-state index in [9.17, 15) is 9.59 Å². The van der Waals surface area contributed by atoms with Gasteiger partial charge in [-0.1, -0.05) is 12.8 Å². The normalized spacial score (nSPS) is 16.9. The molecular weight excluding hydrogens is 428 g/mol. The summed E-state index contributed by atoms with van der Waals surface area (Å²) < 4.78 is 1.98. The first-order valence-electron chi connectivity index (χ1n) is 12.3. The fraction of sp³-hybridized carbons (Fsp3) is 0.538. The van der Waals surface area contributed by atoms with Crippen LogP contribution in [0.5, 0.6) is 0 Å². The van der Waals surface area contributed by atoms with Crippen LogP contribution >= 0.6 is 0 Å². The zero-order valence-electron chi connectivity index (χ0n) is 20.7. The average Bonchev–Trinajstić information content (AvgIpc) is 3.22. The van der Waals surface area contributed by atoms with E-state index < -0.39 is 0 Å². The second-order valence-corrected chi connectivity index (χ2v) is 10.9. The Labute approximate surface area is 198 Å². The number of nitrogens with zero attached hydrogens (tertiary/aromatic N) is 3. The summed E-state index contributed by atoms with van der Waals surface area (Å²) >= 11 is 0. The van der Waals surface area contributed by atoms with Crippen LogP contribution in [0.4, 0.5) is 0 Å². The van der Waals surface area contributed by atoms with Gasteiger partial charge in [-0.3, -0.25) is 14.7 Å². The largest absolute Gasteiger partial charge is 0.307 e. The number of rotatable bonds is 2. The fourth-order valence-electron chi connectivity index (χ4n) is 5.07. The lowest BCUT2D eigenvalue weighted by Gasteiger charge is -2.24. The van der Waals surface area contributed by atoms with Gasteiger partial charge in [-0.2, -0.15) is 10.2 Å². The van der Waals surface area contributed by atoms with Crippen LogP contribution in [-0.2, 0) is 5.54 Å². The lowest BCUT2D eigenvalue weighted by molar-refractivity contribution is 0.349. The number of hydrogen-bond donors (Lipinski definition) is 3. The molecule has 0 unspecified atom stereocenters. The Hall–Kier alpha value is -3.16. The number of aromatic nitrogens is 6. The maximum Gasteiger partial charge on any atom is 0.249 e. The van der Waals surface area contributed by atoms with Gasteiger partial charge in [0.05, 0.1) is 11.2 Å². The second kappa shape index (κ2) is 8.25. The smallest absolute Gasteiger partial charge is 0.249 e. The molecule has 0 aliphatic heterocycles. The molecule has 34 heavy (non-hydrogen) atoms. The highest BCUT2D eigenvalue weighted by atomic mass is 16.1. The van der Waals surface area contributed by atoms with Crippen LogP contribution in [0, 0.1) is 13.8 Å². The average molecular weight is 463 g/mol.